The third-order valence-electron chi connectivity index (χ3n) is 2.10. The van der Waals surface area contributed by atoms with E-state index in [1.54, 1.807) is 0 Å². The maximum absolute atomic E-state index is 13.5. The molecule has 0 saturated heterocycles. The molecule has 0 aromatic heterocycles. The Morgan fingerprint density at radius 2 is 2.17 bits per heavy atom. The number of aliphatic imine (C=N–C) groups is 1. The minimum atomic E-state index is -0.388. The van der Waals surface area contributed by atoms with E-state index in [1.807, 2.05) is 26.8 Å². The second-order valence-corrected chi connectivity index (χ2v) is 4.99. The van der Waals surface area contributed by atoms with Crippen LogP contribution in [0.15, 0.2) is 23.2 Å². The topological polar surface area (TPSA) is 74.2 Å². The molecule has 0 atom stereocenters. The molecule has 0 aliphatic heterocycles. The second kappa shape index (κ2) is 5.50. The normalized spacial score (nSPS) is 12.1. The van der Waals surface area contributed by atoms with Gasteiger partial charge in [0.2, 0.25) is 0 Å². The van der Waals surface area contributed by atoms with Gasteiger partial charge in [-0.3, -0.25) is 0 Å². The largest absolute Gasteiger partial charge is 0.370 e. The van der Waals surface area contributed by atoms with Gasteiger partial charge in [0.25, 0.3) is 0 Å². The molecule has 0 amide bonds. The summed E-state index contributed by atoms with van der Waals surface area (Å²) in [6, 6.07) is 6.12. The molecular weight excluding hydrogens is 231 g/mol. The van der Waals surface area contributed by atoms with E-state index in [4.69, 9.17) is 11.0 Å². The first-order chi connectivity index (χ1) is 8.31. The fourth-order valence-electron chi connectivity index (χ4n) is 1.36. The van der Waals surface area contributed by atoms with E-state index in [0.29, 0.717) is 11.1 Å². The van der Waals surface area contributed by atoms with E-state index >= 15 is 0 Å². The monoisotopic (exact) mass is 248 g/mol. The van der Waals surface area contributed by atoms with Crippen LogP contribution in [0.3, 0.4) is 0 Å². The Morgan fingerprint density at radius 3 is 2.72 bits per heavy atom. The third kappa shape index (κ3) is 4.42. The molecule has 5 heteroatoms. The number of rotatable bonds is 2. The molecule has 0 bridgehead atoms. The first kappa shape index (κ1) is 14.0. The quantitative estimate of drug-likeness (QED) is 0.620. The van der Waals surface area contributed by atoms with Crippen molar-refractivity contribution in [3.8, 4) is 6.07 Å². The summed E-state index contributed by atoms with van der Waals surface area (Å²) in [5.74, 6) is -0.134. The van der Waals surface area contributed by atoms with E-state index in [9.17, 15) is 4.39 Å². The average molecular weight is 248 g/mol. The molecule has 3 N–H and O–H groups in total. The van der Waals surface area contributed by atoms with Gasteiger partial charge in [-0.05, 0) is 39.0 Å². The number of nitriles is 1. The highest BCUT2D eigenvalue weighted by molar-refractivity contribution is 5.78. The first-order valence-corrected chi connectivity index (χ1v) is 5.58. The number of nitrogens with one attached hydrogen (secondary N) is 1. The standard InChI is InChI=1S/C13H17FN4/c1-13(2,3)18-12(16)17-8-10-6-9(7-15)4-5-11(10)14/h4-6H,8H2,1-3H3,(H3,16,17,18). The summed E-state index contributed by atoms with van der Waals surface area (Å²) in [7, 11) is 0. The average Bonchev–Trinajstić information content (AvgIpc) is 2.25. The van der Waals surface area contributed by atoms with Crippen LogP contribution in [-0.4, -0.2) is 11.5 Å². The predicted molar refractivity (Wildman–Crippen MR) is 69.3 cm³/mol. The zero-order valence-corrected chi connectivity index (χ0v) is 10.8. The number of nitrogens with zero attached hydrogens (tertiary/aromatic N) is 2. The van der Waals surface area contributed by atoms with Crippen LogP contribution in [0.5, 0.6) is 0 Å². The summed E-state index contributed by atoms with van der Waals surface area (Å²) >= 11 is 0. The molecule has 0 fully saturated rings. The van der Waals surface area contributed by atoms with E-state index in [1.165, 1.54) is 18.2 Å². The minimum Gasteiger partial charge on any atom is -0.370 e. The van der Waals surface area contributed by atoms with Crippen LogP contribution in [0.4, 0.5) is 4.39 Å². The maximum atomic E-state index is 13.5. The number of guanidine groups is 1. The van der Waals surface area contributed by atoms with Crippen molar-refractivity contribution in [3.63, 3.8) is 0 Å². The fraction of sp³-hybridized carbons (Fsp3) is 0.385. The molecule has 18 heavy (non-hydrogen) atoms. The van der Waals surface area contributed by atoms with Crippen LogP contribution in [0.25, 0.3) is 0 Å². The van der Waals surface area contributed by atoms with Gasteiger partial charge in [0.05, 0.1) is 18.2 Å². The minimum absolute atomic E-state index is 0.107. The fourth-order valence-corrected chi connectivity index (χ4v) is 1.36. The predicted octanol–water partition coefficient (Wildman–Crippen LogP) is 1.90. The highest BCUT2D eigenvalue weighted by Crippen LogP contribution is 2.11. The Kier molecular flexibility index (Phi) is 4.27. The van der Waals surface area contributed by atoms with Gasteiger partial charge in [0.1, 0.15) is 5.82 Å². The number of nitrogens with two attached hydrogens (primary N) is 1. The van der Waals surface area contributed by atoms with Gasteiger partial charge in [-0.1, -0.05) is 0 Å². The lowest BCUT2D eigenvalue weighted by Gasteiger charge is -2.21. The highest BCUT2D eigenvalue weighted by Gasteiger charge is 2.10. The van der Waals surface area contributed by atoms with Crippen LogP contribution in [0.1, 0.15) is 31.9 Å². The molecule has 1 aromatic rings. The summed E-state index contributed by atoms with van der Waals surface area (Å²) in [5.41, 5.74) is 6.25. The molecule has 0 aliphatic carbocycles. The Morgan fingerprint density at radius 1 is 1.50 bits per heavy atom. The van der Waals surface area contributed by atoms with Crippen molar-refractivity contribution in [2.45, 2.75) is 32.9 Å². The number of benzene rings is 1. The van der Waals surface area contributed by atoms with E-state index < -0.39 is 0 Å². The number of hydrogen-bond donors (Lipinski definition) is 2. The van der Waals surface area contributed by atoms with Crippen molar-refractivity contribution in [2.75, 3.05) is 0 Å². The van der Waals surface area contributed by atoms with Crippen LogP contribution in [0, 0.1) is 17.1 Å². The Labute approximate surface area is 106 Å². The van der Waals surface area contributed by atoms with E-state index in [2.05, 4.69) is 10.3 Å². The van der Waals surface area contributed by atoms with Gasteiger partial charge in [-0.2, -0.15) is 5.26 Å². The van der Waals surface area contributed by atoms with Crippen molar-refractivity contribution < 1.29 is 4.39 Å². The molecule has 0 radical (unpaired) electrons. The van der Waals surface area contributed by atoms with Crippen molar-refractivity contribution in [2.24, 2.45) is 10.7 Å². The molecule has 96 valence electrons. The van der Waals surface area contributed by atoms with Crippen LogP contribution < -0.4 is 11.1 Å². The Bertz CT molecular complexity index is 495. The molecule has 0 aliphatic rings. The molecular formula is C13H17FN4. The van der Waals surface area contributed by atoms with Crippen molar-refractivity contribution in [3.05, 3.63) is 35.1 Å². The molecule has 0 saturated carbocycles. The van der Waals surface area contributed by atoms with Gasteiger partial charge in [-0.25, -0.2) is 9.38 Å². The SMILES string of the molecule is CC(C)(C)NC(N)=NCc1cc(C#N)ccc1F. The van der Waals surface area contributed by atoms with E-state index in [-0.39, 0.29) is 23.9 Å². The lowest BCUT2D eigenvalue weighted by molar-refractivity contribution is 0.508. The smallest absolute Gasteiger partial charge is 0.189 e. The third-order valence-corrected chi connectivity index (χ3v) is 2.10. The summed E-state index contributed by atoms with van der Waals surface area (Å²) in [4.78, 5) is 4.05. The number of halogens is 1. The zero-order valence-electron chi connectivity index (χ0n) is 10.8. The Balaban J connectivity index is 2.80. The van der Waals surface area contributed by atoms with Gasteiger partial charge in [0, 0.05) is 11.1 Å². The van der Waals surface area contributed by atoms with Gasteiger partial charge in [-0.15, -0.1) is 0 Å². The molecule has 0 spiro atoms. The summed E-state index contributed by atoms with van der Waals surface area (Å²) in [6.45, 7) is 5.96. The second-order valence-electron chi connectivity index (χ2n) is 4.99. The lowest BCUT2D eigenvalue weighted by atomic mass is 10.1. The zero-order chi connectivity index (χ0) is 13.8. The van der Waals surface area contributed by atoms with Crippen LogP contribution in [0.2, 0.25) is 0 Å². The molecule has 4 nitrogen and oxygen atoms in total. The van der Waals surface area contributed by atoms with Crippen molar-refractivity contribution >= 4 is 5.96 Å². The summed E-state index contributed by atoms with van der Waals surface area (Å²) in [5, 5.41) is 11.7. The van der Waals surface area contributed by atoms with Crippen molar-refractivity contribution in [1.29, 1.82) is 5.26 Å². The van der Waals surface area contributed by atoms with Crippen LogP contribution >= 0.6 is 0 Å². The maximum Gasteiger partial charge on any atom is 0.189 e. The molecule has 0 unspecified atom stereocenters. The van der Waals surface area contributed by atoms with Crippen molar-refractivity contribution in [1.82, 2.24) is 5.32 Å². The Hall–Kier alpha value is -2.09. The molecule has 1 rings (SSSR count). The summed E-state index contributed by atoms with van der Waals surface area (Å²) in [6.07, 6.45) is 0. The van der Waals surface area contributed by atoms with Gasteiger partial charge < -0.3 is 11.1 Å². The summed E-state index contributed by atoms with van der Waals surface area (Å²) < 4.78 is 13.5. The molecule has 0 heterocycles. The molecule has 1 aromatic carbocycles. The highest BCUT2D eigenvalue weighted by atomic mass is 19.1. The van der Waals surface area contributed by atoms with Gasteiger partial charge >= 0.3 is 0 Å². The lowest BCUT2D eigenvalue weighted by Crippen LogP contribution is -2.45. The number of hydrogen-bond acceptors (Lipinski definition) is 2. The van der Waals surface area contributed by atoms with Crippen LogP contribution in [-0.2, 0) is 6.54 Å². The van der Waals surface area contributed by atoms with E-state index in [0.717, 1.165) is 0 Å². The van der Waals surface area contributed by atoms with Gasteiger partial charge in [0.15, 0.2) is 5.96 Å². The first-order valence-electron chi connectivity index (χ1n) is 5.58.